The predicted molar refractivity (Wildman–Crippen MR) is 51.3 cm³/mol. The van der Waals surface area contributed by atoms with Crippen LogP contribution in [0.1, 0.15) is 13.8 Å². The number of aliphatic hydroxyl groups is 1. The molecule has 1 atom stereocenters. The quantitative estimate of drug-likeness (QED) is 0.752. The number of aliphatic hydroxyl groups excluding tert-OH is 1. The third-order valence-corrected chi connectivity index (χ3v) is 4.10. The van der Waals surface area contributed by atoms with Crippen LogP contribution in [0.2, 0.25) is 0 Å². The molecule has 0 aliphatic rings. The molecule has 6 heteroatoms. The molecule has 0 amide bonds. The smallest absolute Gasteiger partial charge is 0.274 e. The average Bonchev–Trinajstić information content (AvgIpc) is 1.86. The normalized spacial score (nSPS) is 15.6. The van der Waals surface area contributed by atoms with Crippen LogP contribution in [0.4, 0.5) is 0 Å². The number of hydrogen-bond donors (Lipinski definition) is 1. The second-order valence-corrected chi connectivity index (χ2v) is 6.81. The van der Waals surface area contributed by atoms with Gasteiger partial charge in [0.2, 0.25) is 0 Å². The Morgan fingerprint density at radius 3 is 2.00 bits per heavy atom. The molecule has 0 aromatic carbocycles. The van der Waals surface area contributed by atoms with Gasteiger partial charge in [-0.15, -0.1) is 0 Å². The van der Waals surface area contributed by atoms with E-state index >= 15 is 0 Å². The van der Waals surface area contributed by atoms with Crippen molar-refractivity contribution in [3.05, 3.63) is 0 Å². The number of likely N-dealkylation sites (N-methyl/N-ethyl adjacent to an activating group) is 1. The molecule has 0 saturated heterocycles. The molecule has 12 heavy (non-hydrogen) atoms. The number of hydrogen-bond acceptors (Lipinski definition) is 3. The van der Waals surface area contributed by atoms with Crippen LogP contribution in [0.3, 0.4) is 0 Å². The predicted octanol–water partition coefficient (Wildman–Crippen LogP) is 0.575. The van der Waals surface area contributed by atoms with Crippen molar-refractivity contribution in [2.75, 3.05) is 13.7 Å². The number of nitrogens with zero attached hydrogens (tertiary/aromatic N) is 1. The van der Waals surface area contributed by atoms with E-state index in [0.717, 1.165) is 4.31 Å². The van der Waals surface area contributed by atoms with Crippen molar-refractivity contribution < 1.29 is 13.5 Å². The Labute approximate surface area is 80.8 Å². The highest BCUT2D eigenvalue weighted by Gasteiger charge is 2.25. The molecule has 74 valence electrons. The minimum Gasteiger partial charge on any atom is -0.395 e. The molecule has 0 aromatic heterocycles. The molecule has 0 saturated carbocycles. The summed E-state index contributed by atoms with van der Waals surface area (Å²) in [4.78, 5) is 0. The second kappa shape index (κ2) is 4.55. The van der Waals surface area contributed by atoms with Crippen molar-refractivity contribution in [1.29, 1.82) is 0 Å². The van der Waals surface area contributed by atoms with E-state index in [1.807, 2.05) is 13.8 Å². The van der Waals surface area contributed by atoms with Gasteiger partial charge in [-0.25, -0.2) is 8.42 Å². The molecule has 4 nitrogen and oxygen atoms in total. The lowest BCUT2D eigenvalue weighted by Crippen LogP contribution is -2.40. The maximum absolute atomic E-state index is 11.0. The molecular formula is C6H14BrNO3S. The first kappa shape index (κ1) is 12.3. The van der Waals surface area contributed by atoms with Crippen molar-refractivity contribution in [3.63, 3.8) is 0 Å². The monoisotopic (exact) mass is 259 g/mol. The summed E-state index contributed by atoms with van der Waals surface area (Å²) in [7, 11) is -1.94. The van der Waals surface area contributed by atoms with E-state index in [1.165, 1.54) is 7.05 Å². The van der Waals surface area contributed by atoms with Gasteiger partial charge in [0.1, 0.15) is 0 Å². The van der Waals surface area contributed by atoms with Gasteiger partial charge in [-0.1, -0.05) is 13.8 Å². The van der Waals surface area contributed by atoms with E-state index in [1.54, 1.807) is 0 Å². The van der Waals surface area contributed by atoms with Crippen molar-refractivity contribution in [3.8, 4) is 0 Å². The average molecular weight is 260 g/mol. The second-order valence-electron chi connectivity index (χ2n) is 2.95. The van der Waals surface area contributed by atoms with Crippen LogP contribution >= 0.6 is 14.8 Å². The third kappa shape index (κ3) is 3.38. The van der Waals surface area contributed by atoms with Gasteiger partial charge in [0.05, 0.1) is 27.5 Å². The first-order valence-electron chi connectivity index (χ1n) is 3.59. The van der Waals surface area contributed by atoms with Gasteiger partial charge < -0.3 is 5.11 Å². The Morgan fingerprint density at radius 2 is 1.92 bits per heavy atom. The SMILES string of the molecule is CC(C)[C@@H](CO)N(C)S(=O)(=O)Br. The molecule has 0 unspecified atom stereocenters. The Bertz CT molecular complexity index is 227. The molecule has 1 N–H and O–H groups in total. The van der Waals surface area contributed by atoms with E-state index in [-0.39, 0.29) is 18.6 Å². The summed E-state index contributed by atoms with van der Waals surface area (Å²) in [5.74, 6) is 0.0901. The summed E-state index contributed by atoms with van der Waals surface area (Å²) in [5.41, 5.74) is 0. The van der Waals surface area contributed by atoms with E-state index in [0.29, 0.717) is 0 Å². The fraction of sp³-hybridized carbons (Fsp3) is 1.00. The van der Waals surface area contributed by atoms with E-state index in [9.17, 15) is 8.42 Å². The Morgan fingerprint density at radius 1 is 1.50 bits per heavy atom. The minimum absolute atomic E-state index is 0.0901. The molecule has 0 aliphatic carbocycles. The van der Waals surface area contributed by atoms with Gasteiger partial charge in [0.15, 0.2) is 0 Å². The molecule has 0 heterocycles. The minimum atomic E-state index is -3.37. The summed E-state index contributed by atoms with van der Waals surface area (Å²) in [5, 5.41) is 8.90. The highest BCUT2D eigenvalue weighted by molar-refractivity contribution is 9.47. The van der Waals surface area contributed by atoms with Crippen molar-refractivity contribution >= 4 is 23.3 Å². The Balaban J connectivity index is 4.54. The molecule has 0 aliphatic heterocycles. The number of rotatable bonds is 4. The number of halogens is 1. The van der Waals surface area contributed by atoms with E-state index in [2.05, 4.69) is 14.8 Å². The van der Waals surface area contributed by atoms with Crippen LogP contribution in [0.5, 0.6) is 0 Å². The zero-order valence-electron chi connectivity index (χ0n) is 7.36. The molecule has 0 bridgehead atoms. The fourth-order valence-corrected chi connectivity index (χ4v) is 2.19. The summed E-state index contributed by atoms with van der Waals surface area (Å²) in [6.07, 6.45) is 0. The summed E-state index contributed by atoms with van der Waals surface area (Å²) in [6.45, 7) is 3.55. The summed E-state index contributed by atoms with van der Waals surface area (Å²) in [6, 6.07) is -0.366. The maximum atomic E-state index is 11.0. The lowest BCUT2D eigenvalue weighted by atomic mass is 10.1. The highest BCUT2D eigenvalue weighted by Crippen LogP contribution is 2.16. The van der Waals surface area contributed by atoms with Crippen LogP contribution < -0.4 is 0 Å². The van der Waals surface area contributed by atoms with Crippen LogP contribution in [0.25, 0.3) is 0 Å². The third-order valence-electron chi connectivity index (χ3n) is 1.77. The maximum Gasteiger partial charge on any atom is 0.274 e. The van der Waals surface area contributed by atoms with Crippen molar-refractivity contribution in [1.82, 2.24) is 4.31 Å². The van der Waals surface area contributed by atoms with Crippen LogP contribution in [0, 0.1) is 5.92 Å². The first-order chi connectivity index (χ1) is 5.30. The largest absolute Gasteiger partial charge is 0.395 e. The zero-order valence-corrected chi connectivity index (χ0v) is 9.76. The topological polar surface area (TPSA) is 57.6 Å². The van der Waals surface area contributed by atoms with Gasteiger partial charge in [-0.05, 0) is 5.92 Å². The molecule has 0 fully saturated rings. The van der Waals surface area contributed by atoms with Crippen molar-refractivity contribution in [2.24, 2.45) is 5.92 Å². The highest BCUT2D eigenvalue weighted by atomic mass is 79.9. The standard InChI is InChI=1S/C6H14BrNO3S/c1-5(2)6(4-9)8(3)12(7,10)11/h5-6,9H,4H2,1-3H3/t6-/m1/s1. The fourth-order valence-electron chi connectivity index (χ4n) is 0.907. The summed E-state index contributed by atoms with van der Waals surface area (Å²) >= 11 is 2.54. The van der Waals surface area contributed by atoms with E-state index < -0.39 is 8.46 Å². The Hall–Kier alpha value is 0.350. The molecule has 0 spiro atoms. The van der Waals surface area contributed by atoms with Gasteiger partial charge in [0, 0.05) is 7.05 Å². The molecule has 0 radical (unpaired) electrons. The van der Waals surface area contributed by atoms with Gasteiger partial charge in [-0.2, -0.15) is 4.31 Å². The summed E-state index contributed by atoms with van der Waals surface area (Å²) < 4.78 is 23.1. The lowest BCUT2D eigenvalue weighted by Gasteiger charge is -2.26. The van der Waals surface area contributed by atoms with Crippen molar-refractivity contribution in [2.45, 2.75) is 19.9 Å². The van der Waals surface area contributed by atoms with Gasteiger partial charge >= 0.3 is 0 Å². The van der Waals surface area contributed by atoms with Crippen LogP contribution in [0.15, 0.2) is 0 Å². The zero-order chi connectivity index (χ0) is 9.94. The lowest BCUT2D eigenvalue weighted by molar-refractivity contribution is 0.169. The first-order valence-corrected chi connectivity index (χ1v) is 6.87. The van der Waals surface area contributed by atoms with E-state index in [4.69, 9.17) is 5.11 Å². The van der Waals surface area contributed by atoms with Gasteiger partial charge in [-0.3, -0.25) is 0 Å². The Kier molecular flexibility index (Phi) is 4.68. The molecule has 0 rings (SSSR count). The molecular weight excluding hydrogens is 246 g/mol. The van der Waals surface area contributed by atoms with Crippen LogP contribution in [-0.4, -0.2) is 37.5 Å². The van der Waals surface area contributed by atoms with Gasteiger partial charge in [0.25, 0.3) is 8.46 Å². The van der Waals surface area contributed by atoms with Crippen LogP contribution in [-0.2, 0) is 8.46 Å². The molecule has 0 aromatic rings.